The highest BCUT2D eigenvalue weighted by Crippen LogP contribution is 2.46. The van der Waals surface area contributed by atoms with Crippen molar-refractivity contribution in [3.05, 3.63) is 89.5 Å². The number of ether oxygens (including phenoxy) is 2. The van der Waals surface area contributed by atoms with Crippen molar-refractivity contribution in [3.63, 3.8) is 0 Å². The molecule has 1 aliphatic carbocycles. The molecule has 0 radical (unpaired) electrons. The third kappa shape index (κ3) is 6.33. The van der Waals surface area contributed by atoms with Crippen LogP contribution >= 0.6 is 0 Å². The lowest BCUT2D eigenvalue weighted by molar-refractivity contribution is -0.228. The minimum absolute atomic E-state index is 0.0968. The second kappa shape index (κ2) is 11.4. The van der Waals surface area contributed by atoms with Crippen LogP contribution in [0.2, 0.25) is 0 Å². The number of allylic oxidation sites excluding steroid dienone is 3. The summed E-state index contributed by atoms with van der Waals surface area (Å²) in [6, 6.07) is 16.0. The van der Waals surface area contributed by atoms with E-state index in [2.05, 4.69) is 0 Å². The smallest absolute Gasteiger partial charge is 0.426 e. The SMILES string of the molecule is CCN(Cc1ccccc1C1=CC(COC(C)=O)C(F)(C(F)(F)F)C=C1)C(=O)OCc1ccccc1. The fraction of sp³-hybridized carbons (Fsp3) is 0.333. The Hall–Kier alpha value is -3.62. The van der Waals surface area contributed by atoms with Crippen LogP contribution in [0.3, 0.4) is 0 Å². The lowest BCUT2D eigenvalue weighted by atomic mass is 9.80. The first-order valence-corrected chi connectivity index (χ1v) is 11.4. The molecule has 2 unspecified atom stereocenters. The summed E-state index contributed by atoms with van der Waals surface area (Å²) in [6.07, 6.45) is -3.09. The Bertz CT molecular complexity index is 1130. The zero-order valence-electron chi connectivity index (χ0n) is 19.9. The fourth-order valence-corrected chi connectivity index (χ4v) is 3.85. The molecule has 3 rings (SSSR count). The first kappa shape index (κ1) is 27.0. The number of hydrogen-bond acceptors (Lipinski definition) is 4. The second-order valence-corrected chi connectivity index (χ2v) is 8.34. The average molecular weight is 506 g/mol. The molecule has 0 aliphatic heterocycles. The first-order valence-electron chi connectivity index (χ1n) is 11.4. The summed E-state index contributed by atoms with van der Waals surface area (Å²) < 4.78 is 65.9. The van der Waals surface area contributed by atoms with Gasteiger partial charge in [0.05, 0.1) is 5.92 Å². The number of hydrogen-bond donors (Lipinski definition) is 0. The summed E-state index contributed by atoms with van der Waals surface area (Å²) in [6.45, 7) is 2.60. The zero-order chi connectivity index (χ0) is 26.3. The van der Waals surface area contributed by atoms with Gasteiger partial charge in [0.15, 0.2) is 0 Å². The molecule has 0 heterocycles. The minimum atomic E-state index is -5.20. The van der Waals surface area contributed by atoms with Crippen molar-refractivity contribution >= 4 is 17.6 Å². The maximum Gasteiger partial charge on any atom is 0.426 e. The summed E-state index contributed by atoms with van der Waals surface area (Å²) in [4.78, 5) is 25.3. The maximum absolute atomic E-state index is 15.1. The van der Waals surface area contributed by atoms with Gasteiger partial charge in [0, 0.05) is 20.0 Å². The summed E-state index contributed by atoms with van der Waals surface area (Å²) in [5, 5.41) is 0. The summed E-state index contributed by atoms with van der Waals surface area (Å²) in [7, 11) is 0. The van der Waals surface area contributed by atoms with Crippen LogP contribution in [0.1, 0.15) is 30.5 Å². The summed E-state index contributed by atoms with van der Waals surface area (Å²) >= 11 is 0. The fourth-order valence-electron chi connectivity index (χ4n) is 3.85. The Labute approximate surface area is 207 Å². The van der Waals surface area contributed by atoms with Crippen molar-refractivity contribution in [2.75, 3.05) is 13.2 Å². The Morgan fingerprint density at radius 3 is 2.33 bits per heavy atom. The molecule has 0 N–H and O–H groups in total. The Morgan fingerprint density at radius 1 is 1.03 bits per heavy atom. The van der Waals surface area contributed by atoms with Crippen molar-refractivity contribution in [1.82, 2.24) is 4.90 Å². The van der Waals surface area contributed by atoms with Crippen LogP contribution in [-0.4, -0.2) is 42.0 Å². The topological polar surface area (TPSA) is 55.8 Å². The van der Waals surface area contributed by atoms with E-state index in [1.165, 1.54) is 4.90 Å². The van der Waals surface area contributed by atoms with E-state index in [-0.39, 0.29) is 13.2 Å². The Morgan fingerprint density at radius 2 is 1.69 bits per heavy atom. The molecule has 36 heavy (non-hydrogen) atoms. The average Bonchev–Trinajstić information content (AvgIpc) is 2.85. The Kier molecular flexibility index (Phi) is 8.55. The van der Waals surface area contributed by atoms with Gasteiger partial charge in [-0.15, -0.1) is 0 Å². The highest BCUT2D eigenvalue weighted by molar-refractivity contribution is 5.78. The van der Waals surface area contributed by atoms with Crippen LogP contribution < -0.4 is 0 Å². The van der Waals surface area contributed by atoms with Gasteiger partial charge in [-0.25, -0.2) is 9.18 Å². The summed E-state index contributed by atoms with van der Waals surface area (Å²) in [5.41, 5.74) is -1.36. The maximum atomic E-state index is 15.1. The second-order valence-electron chi connectivity index (χ2n) is 8.34. The van der Waals surface area contributed by atoms with E-state index in [1.54, 1.807) is 31.2 Å². The van der Waals surface area contributed by atoms with Crippen LogP contribution in [0.25, 0.3) is 5.57 Å². The number of benzene rings is 2. The van der Waals surface area contributed by atoms with Gasteiger partial charge < -0.3 is 14.4 Å². The van der Waals surface area contributed by atoms with Crippen molar-refractivity contribution in [2.45, 2.75) is 38.8 Å². The largest absolute Gasteiger partial charge is 0.465 e. The third-order valence-corrected chi connectivity index (χ3v) is 5.86. The van der Waals surface area contributed by atoms with Gasteiger partial charge >= 0.3 is 18.2 Å². The van der Waals surface area contributed by atoms with Gasteiger partial charge in [-0.05, 0) is 35.3 Å². The van der Waals surface area contributed by atoms with E-state index in [0.29, 0.717) is 29.3 Å². The molecule has 192 valence electrons. The van der Waals surface area contributed by atoms with Gasteiger partial charge in [-0.1, -0.05) is 66.7 Å². The molecular formula is C27H27F4NO4. The number of halogens is 4. The number of esters is 1. The van der Waals surface area contributed by atoms with E-state index in [4.69, 9.17) is 9.47 Å². The highest BCUT2D eigenvalue weighted by atomic mass is 19.4. The molecule has 2 aromatic rings. The molecule has 1 aliphatic rings. The molecule has 2 aromatic carbocycles. The van der Waals surface area contributed by atoms with Gasteiger partial charge in [0.2, 0.25) is 5.67 Å². The van der Waals surface area contributed by atoms with Crippen LogP contribution in [0, 0.1) is 5.92 Å². The van der Waals surface area contributed by atoms with E-state index in [0.717, 1.165) is 24.6 Å². The predicted octanol–water partition coefficient (Wildman–Crippen LogP) is 6.25. The molecule has 0 fully saturated rings. The van der Waals surface area contributed by atoms with Crippen molar-refractivity contribution in [2.24, 2.45) is 5.92 Å². The van der Waals surface area contributed by atoms with E-state index in [1.807, 2.05) is 30.3 Å². The van der Waals surface area contributed by atoms with Gasteiger partial charge in [0.1, 0.15) is 13.2 Å². The molecule has 0 aromatic heterocycles. The molecular weight excluding hydrogens is 478 g/mol. The van der Waals surface area contributed by atoms with E-state index in [9.17, 15) is 22.8 Å². The number of carbonyl (C=O) groups excluding carboxylic acids is 2. The van der Waals surface area contributed by atoms with Gasteiger partial charge in [-0.2, -0.15) is 13.2 Å². The molecule has 2 atom stereocenters. The quantitative estimate of drug-likeness (QED) is 0.315. The lowest BCUT2D eigenvalue weighted by Gasteiger charge is -2.34. The molecule has 5 nitrogen and oxygen atoms in total. The number of carbonyl (C=O) groups is 2. The number of alkyl halides is 4. The monoisotopic (exact) mass is 505 g/mol. The van der Waals surface area contributed by atoms with Crippen LogP contribution in [-0.2, 0) is 27.4 Å². The van der Waals surface area contributed by atoms with Crippen LogP contribution in [0.5, 0.6) is 0 Å². The van der Waals surface area contributed by atoms with Gasteiger partial charge in [-0.3, -0.25) is 4.79 Å². The van der Waals surface area contributed by atoms with E-state index < -0.39 is 36.4 Å². The molecule has 0 bridgehead atoms. The molecule has 0 saturated carbocycles. The van der Waals surface area contributed by atoms with Crippen LogP contribution in [0.4, 0.5) is 22.4 Å². The van der Waals surface area contributed by atoms with Crippen molar-refractivity contribution in [3.8, 4) is 0 Å². The van der Waals surface area contributed by atoms with Crippen LogP contribution in [0.15, 0.2) is 72.8 Å². The summed E-state index contributed by atoms with van der Waals surface area (Å²) in [5.74, 6) is -2.58. The normalized spacial score (nSPS) is 19.4. The predicted molar refractivity (Wildman–Crippen MR) is 126 cm³/mol. The van der Waals surface area contributed by atoms with Crippen molar-refractivity contribution < 1.29 is 36.6 Å². The van der Waals surface area contributed by atoms with Crippen molar-refractivity contribution in [1.29, 1.82) is 0 Å². The van der Waals surface area contributed by atoms with E-state index >= 15 is 4.39 Å². The molecule has 9 heteroatoms. The first-order chi connectivity index (χ1) is 17.0. The standard InChI is InChI=1S/C27H27F4NO4/c1-3-32(25(34)36-17-20-9-5-4-6-10-20)16-22-11-7-8-12-24(22)21-13-14-26(28,27(29,30)31)23(15-21)18-35-19(2)33/h4-15,23H,3,16-18H2,1-2H3. The third-order valence-electron chi connectivity index (χ3n) is 5.86. The number of nitrogens with zero attached hydrogens (tertiary/aromatic N) is 1. The van der Waals surface area contributed by atoms with Gasteiger partial charge in [0.25, 0.3) is 0 Å². The molecule has 0 spiro atoms. The highest BCUT2D eigenvalue weighted by Gasteiger charge is 2.59. The number of amides is 1. The minimum Gasteiger partial charge on any atom is -0.465 e. The zero-order valence-corrected chi connectivity index (χ0v) is 19.9. The number of rotatable bonds is 8. The lowest BCUT2D eigenvalue weighted by Crippen LogP contribution is -2.48. The Balaban J connectivity index is 1.83. The molecule has 0 saturated heterocycles. The molecule has 1 amide bonds.